The molecule has 0 aliphatic carbocycles. The number of para-hydroxylation sites is 1. The molecule has 1 aromatic carbocycles. The van der Waals surface area contributed by atoms with Crippen molar-refractivity contribution in [2.45, 2.75) is 65.1 Å². The highest BCUT2D eigenvalue weighted by atomic mass is 16.2. The Morgan fingerprint density at radius 2 is 1.88 bits per heavy atom. The van der Waals surface area contributed by atoms with Crippen LogP contribution in [0.15, 0.2) is 48.8 Å². The number of hydrogen-bond donors (Lipinski definition) is 3. The van der Waals surface area contributed by atoms with Gasteiger partial charge in [0.25, 0.3) is 5.91 Å². The van der Waals surface area contributed by atoms with Crippen molar-refractivity contribution in [3.8, 4) is 0 Å². The SMILES string of the molecule is Cc1nc2n(n1)CCN(C(=O)c1cccnn1)CCCC(=O)N[C@H](Cc1c[nH]c3ccccc13)C(=O)N[C@H]2CC(C)C. The number of nitrogens with zero attached hydrogens (tertiary/aromatic N) is 6. The van der Waals surface area contributed by atoms with Crippen LogP contribution in [0.1, 0.15) is 66.9 Å². The number of aromatic nitrogens is 6. The van der Waals surface area contributed by atoms with Crippen LogP contribution in [0.3, 0.4) is 0 Å². The number of rotatable bonds is 5. The van der Waals surface area contributed by atoms with Gasteiger partial charge >= 0.3 is 0 Å². The lowest BCUT2D eigenvalue weighted by molar-refractivity contribution is -0.129. The molecule has 12 heteroatoms. The highest BCUT2D eigenvalue weighted by Gasteiger charge is 2.29. The summed E-state index contributed by atoms with van der Waals surface area (Å²) < 4.78 is 1.78. The second kappa shape index (κ2) is 12.9. The quantitative estimate of drug-likeness (QED) is 0.333. The van der Waals surface area contributed by atoms with E-state index in [9.17, 15) is 14.4 Å². The zero-order valence-electron chi connectivity index (χ0n) is 24.2. The summed E-state index contributed by atoms with van der Waals surface area (Å²) in [4.78, 5) is 50.0. The molecule has 0 saturated heterocycles. The molecule has 4 heterocycles. The van der Waals surface area contributed by atoms with Crippen LogP contribution in [-0.4, -0.2) is 71.7 Å². The molecule has 4 aromatic rings. The summed E-state index contributed by atoms with van der Waals surface area (Å²) in [5.74, 6) is 0.652. The number of carbonyl (C=O) groups is 3. The first-order chi connectivity index (χ1) is 20.3. The van der Waals surface area contributed by atoms with Gasteiger partial charge in [0, 0.05) is 49.2 Å². The molecule has 1 aliphatic heterocycles. The molecule has 0 unspecified atom stereocenters. The Morgan fingerprint density at radius 1 is 1.05 bits per heavy atom. The van der Waals surface area contributed by atoms with E-state index in [1.807, 2.05) is 37.4 Å². The maximum absolute atomic E-state index is 13.8. The van der Waals surface area contributed by atoms with E-state index < -0.39 is 12.1 Å². The number of hydrogen-bond acceptors (Lipinski definition) is 7. The van der Waals surface area contributed by atoms with E-state index in [1.165, 1.54) is 6.20 Å². The second-order valence-corrected chi connectivity index (χ2v) is 11.1. The van der Waals surface area contributed by atoms with Crippen molar-refractivity contribution < 1.29 is 14.4 Å². The first kappa shape index (κ1) is 28.9. The van der Waals surface area contributed by atoms with E-state index in [0.717, 1.165) is 16.5 Å². The number of H-pyrrole nitrogens is 1. The van der Waals surface area contributed by atoms with Crippen LogP contribution >= 0.6 is 0 Å². The fourth-order valence-electron chi connectivity index (χ4n) is 5.40. The number of amides is 3. The molecule has 5 rings (SSSR count). The number of fused-ring (bicyclic) bond motifs is 2. The summed E-state index contributed by atoms with van der Waals surface area (Å²) in [5, 5.41) is 19.6. The van der Waals surface area contributed by atoms with Gasteiger partial charge in [-0.1, -0.05) is 32.0 Å². The number of nitrogens with one attached hydrogen (secondary N) is 3. The van der Waals surface area contributed by atoms with Crippen LogP contribution in [0.25, 0.3) is 10.9 Å². The zero-order chi connectivity index (χ0) is 29.6. The monoisotopic (exact) mass is 571 g/mol. The van der Waals surface area contributed by atoms with Crippen LogP contribution in [0, 0.1) is 12.8 Å². The van der Waals surface area contributed by atoms with Crippen molar-refractivity contribution in [1.29, 1.82) is 0 Å². The van der Waals surface area contributed by atoms with Crippen LogP contribution in [-0.2, 0) is 22.6 Å². The minimum atomic E-state index is -0.802. The van der Waals surface area contributed by atoms with Gasteiger partial charge in [-0.2, -0.15) is 10.2 Å². The fraction of sp³-hybridized carbons (Fsp3) is 0.433. The van der Waals surface area contributed by atoms with Crippen molar-refractivity contribution in [2.75, 3.05) is 13.1 Å². The average molecular weight is 572 g/mol. The lowest BCUT2D eigenvalue weighted by atomic mass is 10.0. The van der Waals surface area contributed by atoms with Gasteiger partial charge in [0.05, 0.1) is 12.6 Å². The molecule has 0 fully saturated rings. The lowest BCUT2D eigenvalue weighted by Gasteiger charge is -2.27. The molecule has 220 valence electrons. The van der Waals surface area contributed by atoms with Crippen molar-refractivity contribution in [1.82, 2.24) is 45.5 Å². The minimum absolute atomic E-state index is 0.158. The predicted molar refractivity (Wildman–Crippen MR) is 156 cm³/mol. The largest absolute Gasteiger partial charge is 0.361 e. The number of aryl methyl sites for hydroxylation is 1. The van der Waals surface area contributed by atoms with E-state index in [-0.39, 0.29) is 35.8 Å². The Labute approximate surface area is 244 Å². The topological polar surface area (TPSA) is 151 Å². The van der Waals surface area contributed by atoms with Gasteiger partial charge < -0.3 is 20.5 Å². The molecule has 1 aliphatic rings. The molecule has 0 radical (unpaired) electrons. The molecular weight excluding hydrogens is 534 g/mol. The highest BCUT2D eigenvalue weighted by Crippen LogP contribution is 2.23. The summed E-state index contributed by atoms with van der Waals surface area (Å²) in [6.45, 7) is 7.01. The third kappa shape index (κ3) is 6.81. The smallest absolute Gasteiger partial charge is 0.274 e. The molecule has 3 N–H and O–H groups in total. The van der Waals surface area contributed by atoms with E-state index >= 15 is 0 Å². The van der Waals surface area contributed by atoms with Crippen molar-refractivity contribution in [2.24, 2.45) is 5.92 Å². The third-order valence-corrected chi connectivity index (χ3v) is 7.38. The van der Waals surface area contributed by atoms with Crippen molar-refractivity contribution in [3.05, 3.63) is 71.7 Å². The van der Waals surface area contributed by atoms with Gasteiger partial charge in [0.1, 0.15) is 17.7 Å². The van der Waals surface area contributed by atoms with E-state index in [4.69, 9.17) is 4.98 Å². The molecule has 2 atom stereocenters. The van der Waals surface area contributed by atoms with Crippen molar-refractivity contribution >= 4 is 28.6 Å². The standard InChI is InChI=1S/C30H37N9O3/c1-19(2)16-25-28-33-20(3)37-39(28)15-14-38(30(42)24-10-6-12-32-36-24)13-7-11-27(40)34-26(29(41)35-25)17-21-18-31-23-9-5-4-8-22(21)23/h4-6,8-10,12,18-19,25-26,31H,7,11,13-17H2,1-3H3,(H,34,40)(H,35,41)/t25-,26+/m0/s1. The van der Waals surface area contributed by atoms with Gasteiger partial charge in [-0.05, 0) is 49.4 Å². The molecule has 0 spiro atoms. The Bertz CT molecular complexity index is 1550. The van der Waals surface area contributed by atoms with E-state index in [2.05, 4.69) is 44.8 Å². The molecule has 0 saturated carbocycles. The predicted octanol–water partition coefficient (Wildman–Crippen LogP) is 2.72. The molecule has 3 amide bonds. The first-order valence-electron chi connectivity index (χ1n) is 14.4. The molecule has 3 aromatic heterocycles. The Balaban J connectivity index is 1.47. The second-order valence-electron chi connectivity index (χ2n) is 11.1. The molecule has 12 nitrogen and oxygen atoms in total. The van der Waals surface area contributed by atoms with Gasteiger partial charge in [0.15, 0.2) is 5.69 Å². The number of benzene rings is 1. The third-order valence-electron chi connectivity index (χ3n) is 7.38. The Morgan fingerprint density at radius 3 is 2.67 bits per heavy atom. The van der Waals surface area contributed by atoms with Gasteiger partial charge in [-0.3, -0.25) is 14.4 Å². The maximum atomic E-state index is 13.8. The maximum Gasteiger partial charge on any atom is 0.274 e. The Hall–Kier alpha value is -4.61. The number of aromatic amines is 1. The summed E-state index contributed by atoms with van der Waals surface area (Å²) in [6.07, 6.45) is 4.92. The highest BCUT2D eigenvalue weighted by molar-refractivity contribution is 5.92. The van der Waals surface area contributed by atoms with Gasteiger partial charge in [0.2, 0.25) is 11.8 Å². The fourth-order valence-corrected chi connectivity index (χ4v) is 5.40. The van der Waals surface area contributed by atoms with E-state index in [1.54, 1.807) is 21.7 Å². The molecule has 0 bridgehead atoms. The normalized spacial score (nSPS) is 18.8. The Kier molecular flexibility index (Phi) is 8.89. The average Bonchev–Trinajstić information content (AvgIpc) is 3.56. The summed E-state index contributed by atoms with van der Waals surface area (Å²) in [7, 11) is 0. The van der Waals surface area contributed by atoms with Crippen LogP contribution in [0.5, 0.6) is 0 Å². The van der Waals surface area contributed by atoms with Crippen molar-refractivity contribution in [3.63, 3.8) is 0 Å². The minimum Gasteiger partial charge on any atom is -0.361 e. The first-order valence-corrected chi connectivity index (χ1v) is 14.4. The summed E-state index contributed by atoms with van der Waals surface area (Å²) >= 11 is 0. The molecule has 42 heavy (non-hydrogen) atoms. The lowest BCUT2D eigenvalue weighted by Crippen LogP contribution is -2.49. The van der Waals surface area contributed by atoms with Crippen LogP contribution in [0.4, 0.5) is 0 Å². The van der Waals surface area contributed by atoms with Gasteiger partial charge in [-0.25, -0.2) is 9.67 Å². The van der Waals surface area contributed by atoms with E-state index in [0.29, 0.717) is 50.5 Å². The van der Waals surface area contributed by atoms with Gasteiger partial charge in [-0.15, -0.1) is 5.10 Å². The summed E-state index contributed by atoms with van der Waals surface area (Å²) in [6, 6.07) is 9.94. The molecular formula is C30H37N9O3. The van der Waals surface area contributed by atoms with Crippen LogP contribution < -0.4 is 10.6 Å². The number of carbonyl (C=O) groups excluding carboxylic acids is 3. The summed E-state index contributed by atoms with van der Waals surface area (Å²) in [5.41, 5.74) is 2.14. The zero-order valence-corrected chi connectivity index (χ0v) is 24.2. The van der Waals surface area contributed by atoms with Crippen LogP contribution in [0.2, 0.25) is 0 Å².